The molecule has 0 aliphatic carbocycles. The Hall–Kier alpha value is -2.08. The lowest BCUT2D eigenvalue weighted by atomic mass is 9.86. The molecule has 6 heteroatoms. The first-order valence-electron chi connectivity index (χ1n) is 8.91. The van der Waals surface area contributed by atoms with Gasteiger partial charge in [0.1, 0.15) is 6.61 Å². The van der Waals surface area contributed by atoms with Crippen molar-refractivity contribution in [2.45, 2.75) is 31.4 Å². The number of hydrogen-bond donors (Lipinski definition) is 0. The smallest absolute Gasteiger partial charge is 0.410 e. The fraction of sp³-hybridized carbons (Fsp3) is 0.579. The highest BCUT2D eigenvalue weighted by Gasteiger charge is 2.43. The largest absolute Gasteiger partial charge is 0.445 e. The Kier molecular flexibility index (Phi) is 5.27. The number of nitrogens with zero attached hydrogens (tertiary/aromatic N) is 3. The molecule has 0 N–H and O–H groups in total. The molecule has 0 unspecified atom stereocenters. The van der Waals surface area contributed by atoms with Crippen molar-refractivity contribution >= 4 is 12.0 Å². The Morgan fingerprint density at radius 1 is 1.12 bits per heavy atom. The van der Waals surface area contributed by atoms with Crippen LogP contribution in [0.1, 0.15) is 24.8 Å². The molecule has 2 fully saturated rings. The second kappa shape index (κ2) is 7.44. The summed E-state index contributed by atoms with van der Waals surface area (Å²) in [5.74, 6) is 0.189. The molecule has 0 aromatic heterocycles. The minimum atomic E-state index is -0.264. The van der Waals surface area contributed by atoms with E-state index < -0.39 is 0 Å². The molecule has 2 saturated heterocycles. The first-order valence-corrected chi connectivity index (χ1v) is 8.91. The van der Waals surface area contributed by atoms with Crippen LogP contribution in [0, 0.1) is 0 Å². The average molecular weight is 345 g/mol. The van der Waals surface area contributed by atoms with Crippen molar-refractivity contribution in [2.75, 3.05) is 40.3 Å². The number of likely N-dealkylation sites (N-methyl/N-ethyl adjacent to an activating group) is 1. The Morgan fingerprint density at radius 3 is 2.64 bits per heavy atom. The first kappa shape index (κ1) is 17.7. The summed E-state index contributed by atoms with van der Waals surface area (Å²) in [5, 5.41) is 0. The van der Waals surface area contributed by atoms with Crippen molar-refractivity contribution in [2.24, 2.45) is 0 Å². The third-order valence-corrected chi connectivity index (χ3v) is 5.61. The summed E-state index contributed by atoms with van der Waals surface area (Å²) in [4.78, 5) is 30.5. The van der Waals surface area contributed by atoms with Gasteiger partial charge in [-0.1, -0.05) is 30.3 Å². The van der Waals surface area contributed by atoms with Gasteiger partial charge in [0.25, 0.3) is 0 Å². The molecule has 25 heavy (non-hydrogen) atoms. The van der Waals surface area contributed by atoms with Gasteiger partial charge < -0.3 is 14.5 Å². The summed E-state index contributed by atoms with van der Waals surface area (Å²) < 4.78 is 5.50. The van der Waals surface area contributed by atoms with E-state index in [1.165, 1.54) is 0 Å². The average Bonchev–Trinajstić information content (AvgIpc) is 2.77. The van der Waals surface area contributed by atoms with E-state index in [4.69, 9.17) is 4.74 Å². The Bertz CT molecular complexity index is 622. The van der Waals surface area contributed by atoms with E-state index in [2.05, 4.69) is 11.9 Å². The number of hydrogen-bond acceptors (Lipinski definition) is 4. The van der Waals surface area contributed by atoms with E-state index in [1.54, 1.807) is 9.80 Å². The van der Waals surface area contributed by atoms with E-state index in [9.17, 15) is 9.59 Å². The van der Waals surface area contributed by atoms with Crippen LogP contribution in [0.5, 0.6) is 0 Å². The fourth-order valence-electron chi connectivity index (χ4n) is 3.73. The number of amides is 2. The monoisotopic (exact) mass is 345 g/mol. The van der Waals surface area contributed by atoms with Gasteiger partial charge in [-0.05, 0) is 25.5 Å². The summed E-state index contributed by atoms with van der Waals surface area (Å²) in [6.07, 6.45) is 1.94. The highest BCUT2D eigenvalue weighted by Crippen LogP contribution is 2.32. The maximum atomic E-state index is 12.5. The Labute approximate surface area is 149 Å². The molecular weight excluding hydrogens is 318 g/mol. The van der Waals surface area contributed by atoms with Crippen LogP contribution in [0.4, 0.5) is 4.79 Å². The number of benzene rings is 1. The number of carbonyl (C=O) groups excluding carboxylic acids is 2. The molecule has 1 atom stereocenters. The lowest BCUT2D eigenvalue weighted by Crippen LogP contribution is -2.62. The van der Waals surface area contributed by atoms with Gasteiger partial charge in [0.05, 0.1) is 0 Å². The standard InChI is InChI=1S/C19H27N3O3/c1-20-11-10-19(9-8-17(20)23)15-22(13-12-21(19)2)18(24)25-14-16-6-4-3-5-7-16/h3-7H,8-15H2,1-2H3/t19-/m1/s1. The summed E-state index contributed by atoms with van der Waals surface area (Å²) in [6.45, 7) is 3.11. The van der Waals surface area contributed by atoms with E-state index in [0.717, 1.165) is 31.5 Å². The van der Waals surface area contributed by atoms with E-state index >= 15 is 0 Å². The quantitative estimate of drug-likeness (QED) is 0.822. The molecule has 1 aromatic carbocycles. The van der Waals surface area contributed by atoms with Gasteiger partial charge in [-0.2, -0.15) is 0 Å². The zero-order chi connectivity index (χ0) is 17.9. The molecule has 2 amide bonds. The van der Waals surface area contributed by atoms with Gasteiger partial charge in [0, 0.05) is 45.2 Å². The lowest BCUT2D eigenvalue weighted by molar-refractivity contribution is -0.129. The number of carbonyl (C=O) groups is 2. The van der Waals surface area contributed by atoms with Crippen LogP contribution in [-0.4, -0.2) is 72.5 Å². The van der Waals surface area contributed by atoms with Crippen LogP contribution in [0.25, 0.3) is 0 Å². The summed E-state index contributed by atoms with van der Waals surface area (Å²) in [5.41, 5.74) is 0.853. The second-order valence-corrected chi connectivity index (χ2v) is 7.17. The maximum absolute atomic E-state index is 12.5. The third kappa shape index (κ3) is 3.95. The fourth-order valence-corrected chi connectivity index (χ4v) is 3.73. The second-order valence-electron chi connectivity index (χ2n) is 7.17. The van der Waals surface area contributed by atoms with E-state index in [0.29, 0.717) is 26.1 Å². The molecular formula is C19H27N3O3. The lowest BCUT2D eigenvalue weighted by Gasteiger charge is -2.48. The zero-order valence-corrected chi connectivity index (χ0v) is 15.1. The first-order chi connectivity index (χ1) is 12.0. The number of rotatable bonds is 2. The molecule has 2 aliphatic rings. The zero-order valence-electron chi connectivity index (χ0n) is 15.1. The van der Waals surface area contributed by atoms with Crippen LogP contribution in [0.3, 0.4) is 0 Å². The topological polar surface area (TPSA) is 53.1 Å². The SMILES string of the molecule is CN1CC[C@]2(CCC1=O)CN(C(=O)OCc1ccccc1)CCN2C. The summed E-state index contributed by atoms with van der Waals surface area (Å²) in [7, 11) is 3.96. The predicted octanol–water partition coefficient (Wildman–Crippen LogP) is 1.95. The van der Waals surface area contributed by atoms with Gasteiger partial charge in [-0.3, -0.25) is 9.69 Å². The Balaban J connectivity index is 1.63. The molecule has 1 aromatic rings. The van der Waals surface area contributed by atoms with Gasteiger partial charge in [0.2, 0.25) is 5.91 Å². The van der Waals surface area contributed by atoms with Gasteiger partial charge >= 0.3 is 6.09 Å². The molecule has 0 saturated carbocycles. The Morgan fingerprint density at radius 2 is 1.88 bits per heavy atom. The molecule has 0 radical (unpaired) electrons. The molecule has 6 nitrogen and oxygen atoms in total. The molecule has 0 bridgehead atoms. The molecule has 2 aliphatic heterocycles. The van der Waals surface area contributed by atoms with Crippen LogP contribution in [-0.2, 0) is 16.1 Å². The minimum absolute atomic E-state index is 0.134. The minimum Gasteiger partial charge on any atom is -0.445 e. The van der Waals surface area contributed by atoms with Crippen LogP contribution >= 0.6 is 0 Å². The van der Waals surface area contributed by atoms with Crippen molar-refractivity contribution in [1.82, 2.24) is 14.7 Å². The molecule has 136 valence electrons. The van der Waals surface area contributed by atoms with Crippen LogP contribution in [0.2, 0.25) is 0 Å². The molecule has 1 spiro atoms. The van der Waals surface area contributed by atoms with Crippen molar-refractivity contribution in [3.8, 4) is 0 Å². The number of likely N-dealkylation sites (tertiary alicyclic amines) is 1. The third-order valence-electron chi connectivity index (χ3n) is 5.61. The highest BCUT2D eigenvalue weighted by atomic mass is 16.6. The normalized spacial score (nSPS) is 25.1. The van der Waals surface area contributed by atoms with Gasteiger partial charge in [0.15, 0.2) is 0 Å². The van der Waals surface area contributed by atoms with Crippen molar-refractivity contribution < 1.29 is 14.3 Å². The van der Waals surface area contributed by atoms with Crippen molar-refractivity contribution in [3.05, 3.63) is 35.9 Å². The predicted molar refractivity (Wildman–Crippen MR) is 95.0 cm³/mol. The van der Waals surface area contributed by atoms with E-state index in [-0.39, 0.29) is 17.5 Å². The van der Waals surface area contributed by atoms with Gasteiger partial charge in [-0.25, -0.2) is 4.79 Å². The van der Waals surface area contributed by atoms with E-state index in [1.807, 2.05) is 37.4 Å². The number of piperazine rings is 1. The molecule has 3 rings (SSSR count). The number of ether oxygens (including phenoxy) is 1. The molecule has 2 heterocycles. The van der Waals surface area contributed by atoms with Crippen LogP contribution in [0.15, 0.2) is 30.3 Å². The van der Waals surface area contributed by atoms with Crippen molar-refractivity contribution in [1.29, 1.82) is 0 Å². The van der Waals surface area contributed by atoms with Crippen molar-refractivity contribution in [3.63, 3.8) is 0 Å². The summed E-state index contributed by atoms with van der Waals surface area (Å²) >= 11 is 0. The maximum Gasteiger partial charge on any atom is 0.410 e. The van der Waals surface area contributed by atoms with Crippen LogP contribution < -0.4 is 0 Å². The highest BCUT2D eigenvalue weighted by molar-refractivity contribution is 5.76. The van der Waals surface area contributed by atoms with Gasteiger partial charge in [-0.15, -0.1) is 0 Å². The summed E-state index contributed by atoms with van der Waals surface area (Å²) in [6, 6.07) is 9.72.